The van der Waals surface area contributed by atoms with E-state index in [-0.39, 0.29) is 0 Å². The maximum atomic E-state index is 5.70. The van der Waals surface area contributed by atoms with E-state index in [9.17, 15) is 0 Å². The van der Waals surface area contributed by atoms with E-state index in [1.54, 1.807) is 7.11 Å². The summed E-state index contributed by atoms with van der Waals surface area (Å²) in [7, 11) is 3.68. The Kier molecular flexibility index (Phi) is 4.55. The van der Waals surface area contributed by atoms with Gasteiger partial charge in [0, 0.05) is 25.2 Å². The molecule has 4 heteroatoms. The van der Waals surface area contributed by atoms with Crippen molar-refractivity contribution in [3.05, 3.63) is 23.8 Å². The van der Waals surface area contributed by atoms with Crippen LogP contribution in [0.4, 0.5) is 5.69 Å². The highest BCUT2D eigenvalue weighted by Crippen LogP contribution is 2.25. The number of ether oxygens (including phenoxy) is 1. The van der Waals surface area contributed by atoms with Crippen LogP contribution in [0.25, 0.3) is 0 Å². The fourth-order valence-corrected chi connectivity index (χ4v) is 1.79. The highest BCUT2D eigenvalue weighted by molar-refractivity contribution is 7.80. The molecule has 88 valence electrons. The topological polar surface area (TPSA) is 38.5 Å². The molecule has 0 saturated heterocycles. The summed E-state index contributed by atoms with van der Waals surface area (Å²) < 4.78 is 5.21. The molecule has 0 fully saturated rings. The van der Waals surface area contributed by atoms with Crippen molar-refractivity contribution in [1.82, 2.24) is 0 Å². The molecule has 0 spiro atoms. The van der Waals surface area contributed by atoms with Gasteiger partial charge < -0.3 is 15.4 Å². The van der Waals surface area contributed by atoms with E-state index in [2.05, 4.69) is 11.8 Å². The lowest BCUT2D eigenvalue weighted by molar-refractivity contribution is 0.415. The Labute approximate surface area is 102 Å². The second-order valence-electron chi connectivity index (χ2n) is 3.67. The molecule has 0 saturated carbocycles. The average Bonchev–Trinajstić information content (AvgIpc) is 2.28. The lowest BCUT2D eigenvalue weighted by Gasteiger charge is -2.22. The monoisotopic (exact) mass is 238 g/mol. The number of nitrogens with two attached hydrogens (primary N) is 1. The lowest BCUT2D eigenvalue weighted by Crippen LogP contribution is -2.22. The number of rotatable bonds is 5. The number of benzene rings is 1. The van der Waals surface area contributed by atoms with Crippen molar-refractivity contribution in [2.75, 3.05) is 25.6 Å². The number of nitrogens with zero attached hydrogens (tertiary/aromatic N) is 1. The van der Waals surface area contributed by atoms with Gasteiger partial charge in [-0.1, -0.05) is 19.1 Å². The molecule has 3 nitrogen and oxygen atoms in total. The molecule has 16 heavy (non-hydrogen) atoms. The third kappa shape index (κ3) is 2.85. The second-order valence-corrected chi connectivity index (χ2v) is 4.11. The van der Waals surface area contributed by atoms with E-state index < -0.39 is 0 Å². The summed E-state index contributed by atoms with van der Waals surface area (Å²) in [6.07, 6.45) is 1.07. The molecule has 0 amide bonds. The van der Waals surface area contributed by atoms with Crippen molar-refractivity contribution in [2.45, 2.75) is 13.3 Å². The molecule has 0 aliphatic heterocycles. The van der Waals surface area contributed by atoms with E-state index in [1.807, 2.05) is 25.2 Å². The fourth-order valence-electron chi connectivity index (χ4n) is 1.62. The summed E-state index contributed by atoms with van der Waals surface area (Å²) in [5, 5.41) is 0. The van der Waals surface area contributed by atoms with Gasteiger partial charge in [-0.05, 0) is 18.6 Å². The van der Waals surface area contributed by atoms with Crippen LogP contribution in [0.1, 0.15) is 18.9 Å². The van der Waals surface area contributed by atoms with Gasteiger partial charge in [-0.25, -0.2) is 0 Å². The van der Waals surface area contributed by atoms with Gasteiger partial charge in [-0.2, -0.15) is 0 Å². The molecule has 1 rings (SSSR count). The minimum absolute atomic E-state index is 0.417. The summed E-state index contributed by atoms with van der Waals surface area (Å²) in [5.41, 5.74) is 7.62. The number of hydrogen-bond acceptors (Lipinski definition) is 3. The number of thiocarbonyl (C=S) groups is 1. The summed E-state index contributed by atoms with van der Waals surface area (Å²) in [4.78, 5) is 2.55. The smallest absolute Gasteiger partial charge is 0.120 e. The quantitative estimate of drug-likeness (QED) is 0.798. The zero-order chi connectivity index (χ0) is 12.1. The highest BCUT2D eigenvalue weighted by Gasteiger charge is 2.10. The van der Waals surface area contributed by atoms with Gasteiger partial charge in [0.05, 0.1) is 12.8 Å². The zero-order valence-electron chi connectivity index (χ0n) is 9.99. The molecule has 0 heterocycles. The summed E-state index contributed by atoms with van der Waals surface area (Å²) in [6.45, 7) is 3.10. The van der Waals surface area contributed by atoms with E-state index in [0.717, 1.165) is 30.0 Å². The van der Waals surface area contributed by atoms with E-state index in [4.69, 9.17) is 22.7 Å². The van der Waals surface area contributed by atoms with Crippen LogP contribution in [0.3, 0.4) is 0 Å². The number of methoxy groups -OCH3 is 1. The molecule has 0 unspecified atom stereocenters. The molecule has 0 atom stereocenters. The summed E-state index contributed by atoms with van der Waals surface area (Å²) in [6, 6.07) is 5.74. The van der Waals surface area contributed by atoms with Crippen molar-refractivity contribution in [2.24, 2.45) is 5.73 Å². The normalized spacial score (nSPS) is 9.94. The third-order valence-corrected chi connectivity index (χ3v) is 2.66. The van der Waals surface area contributed by atoms with Gasteiger partial charge >= 0.3 is 0 Å². The number of anilines is 1. The molecular formula is C12H18N2OS. The lowest BCUT2D eigenvalue weighted by atomic mass is 10.1. The van der Waals surface area contributed by atoms with E-state index in [0.29, 0.717) is 4.99 Å². The first-order chi connectivity index (χ1) is 7.60. The van der Waals surface area contributed by atoms with E-state index in [1.165, 1.54) is 0 Å². The molecule has 0 aliphatic carbocycles. The van der Waals surface area contributed by atoms with Crippen molar-refractivity contribution in [3.63, 3.8) is 0 Å². The minimum Gasteiger partial charge on any atom is -0.497 e. The van der Waals surface area contributed by atoms with Gasteiger partial charge in [0.15, 0.2) is 0 Å². The van der Waals surface area contributed by atoms with Gasteiger partial charge in [0.1, 0.15) is 10.7 Å². The highest BCUT2D eigenvalue weighted by atomic mass is 32.1. The molecule has 1 aromatic rings. The third-order valence-electron chi connectivity index (χ3n) is 2.44. The standard InChI is InChI=1S/C12H18N2OS/c1-4-7-14(2)11-8-9(15-3)5-6-10(11)12(13)16/h5-6,8H,4,7H2,1-3H3,(H2,13,16). The Morgan fingerprint density at radius 2 is 2.19 bits per heavy atom. The van der Waals surface area contributed by atoms with Crippen molar-refractivity contribution >= 4 is 22.9 Å². The summed E-state index contributed by atoms with van der Waals surface area (Å²) in [5.74, 6) is 0.818. The second kappa shape index (κ2) is 5.70. The van der Waals surface area contributed by atoms with Gasteiger partial charge in [-0.3, -0.25) is 0 Å². The van der Waals surface area contributed by atoms with Crippen LogP contribution in [-0.2, 0) is 0 Å². The van der Waals surface area contributed by atoms with Crippen LogP contribution in [0.5, 0.6) is 5.75 Å². The number of hydrogen-bond donors (Lipinski definition) is 1. The predicted molar refractivity (Wildman–Crippen MR) is 72.4 cm³/mol. The first kappa shape index (κ1) is 12.8. The Balaban J connectivity index is 3.14. The van der Waals surface area contributed by atoms with Crippen LogP contribution < -0.4 is 15.4 Å². The molecule has 2 N–H and O–H groups in total. The first-order valence-corrected chi connectivity index (χ1v) is 5.70. The Hall–Kier alpha value is -1.29. The van der Waals surface area contributed by atoms with Gasteiger partial charge in [0.2, 0.25) is 0 Å². The average molecular weight is 238 g/mol. The maximum Gasteiger partial charge on any atom is 0.120 e. The predicted octanol–water partition coefficient (Wildman–Crippen LogP) is 2.18. The molecule has 0 bridgehead atoms. The Morgan fingerprint density at radius 1 is 1.50 bits per heavy atom. The van der Waals surface area contributed by atoms with Crippen LogP contribution in [-0.4, -0.2) is 25.7 Å². The first-order valence-electron chi connectivity index (χ1n) is 5.29. The molecular weight excluding hydrogens is 220 g/mol. The maximum absolute atomic E-state index is 5.70. The Morgan fingerprint density at radius 3 is 2.69 bits per heavy atom. The van der Waals surface area contributed by atoms with Crippen molar-refractivity contribution in [3.8, 4) is 5.75 Å². The largest absolute Gasteiger partial charge is 0.497 e. The van der Waals surface area contributed by atoms with Crippen LogP contribution in [0.2, 0.25) is 0 Å². The van der Waals surface area contributed by atoms with Crippen molar-refractivity contribution in [1.29, 1.82) is 0 Å². The molecule has 0 aliphatic rings. The van der Waals surface area contributed by atoms with Gasteiger partial charge in [0.25, 0.3) is 0 Å². The van der Waals surface area contributed by atoms with Crippen LogP contribution in [0.15, 0.2) is 18.2 Å². The SMILES string of the molecule is CCCN(C)c1cc(OC)ccc1C(N)=S. The molecule has 1 aromatic carbocycles. The van der Waals surface area contributed by atoms with Gasteiger partial charge in [-0.15, -0.1) is 0 Å². The zero-order valence-corrected chi connectivity index (χ0v) is 10.8. The van der Waals surface area contributed by atoms with Crippen molar-refractivity contribution < 1.29 is 4.74 Å². The Bertz CT molecular complexity index is 379. The molecule has 0 radical (unpaired) electrons. The summed E-state index contributed by atoms with van der Waals surface area (Å²) >= 11 is 5.04. The fraction of sp³-hybridized carbons (Fsp3) is 0.417. The minimum atomic E-state index is 0.417. The van der Waals surface area contributed by atoms with E-state index >= 15 is 0 Å². The van der Waals surface area contributed by atoms with Crippen LogP contribution in [0, 0.1) is 0 Å². The van der Waals surface area contributed by atoms with Crippen LogP contribution >= 0.6 is 12.2 Å². The molecule has 0 aromatic heterocycles.